The molecule has 0 spiro atoms. The molecule has 4 rings (SSSR count). The highest BCUT2D eigenvalue weighted by Crippen LogP contribution is 2.30. The lowest BCUT2D eigenvalue weighted by molar-refractivity contribution is -0.275. The summed E-state index contributed by atoms with van der Waals surface area (Å²) in [5.41, 5.74) is 3.91. The number of nitrogens with zero attached hydrogens (tertiary/aromatic N) is 1. The Bertz CT molecular complexity index is 1460. The van der Waals surface area contributed by atoms with Crippen LogP contribution in [0.15, 0.2) is 91.0 Å². The van der Waals surface area contributed by atoms with Crippen molar-refractivity contribution in [3.63, 3.8) is 0 Å². The maximum atomic E-state index is 14.0. The average Bonchev–Trinajstić information content (AvgIpc) is 3.01. The summed E-state index contributed by atoms with van der Waals surface area (Å²) in [5.74, 6) is -0.392. The lowest BCUT2D eigenvalue weighted by Crippen LogP contribution is -2.17. The molecule has 0 saturated carbocycles. The zero-order chi connectivity index (χ0) is 30.5. The van der Waals surface area contributed by atoms with Crippen molar-refractivity contribution < 1.29 is 31.8 Å². The number of hydrogen-bond donors (Lipinski definition) is 0. The second kappa shape index (κ2) is 15.6. The van der Waals surface area contributed by atoms with Gasteiger partial charge in [-0.05, 0) is 83.6 Å². The fraction of sp³-hybridized carbons (Fsp3) is 0.286. The smallest absolute Gasteiger partial charge is 0.494 e. The second-order valence-electron chi connectivity index (χ2n) is 10.1. The topological polar surface area (TPSA) is 51.5 Å². The van der Waals surface area contributed by atoms with E-state index in [9.17, 15) is 17.6 Å². The van der Waals surface area contributed by atoms with Crippen molar-refractivity contribution in [1.29, 1.82) is 5.26 Å². The Labute approximate surface area is 249 Å². The van der Waals surface area contributed by atoms with E-state index in [4.69, 9.17) is 14.7 Å². The molecular weight excluding hydrogens is 558 g/mol. The van der Waals surface area contributed by atoms with Crippen LogP contribution in [0.2, 0.25) is 0 Å². The minimum atomic E-state index is -4.94. The molecule has 0 atom stereocenters. The van der Waals surface area contributed by atoms with E-state index in [2.05, 4.69) is 10.8 Å². The lowest BCUT2D eigenvalue weighted by atomic mass is 10.0. The van der Waals surface area contributed by atoms with Gasteiger partial charge in [-0.3, -0.25) is 0 Å². The molecule has 4 aromatic carbocycles. The van der Waals surface area contributed by atoms with Crippen molar-refractivity contribution >= 4 is 0 Å². The number of hydrogen-bond acceptors (Lipinski definition) is 4. The molecule has 4 nitrogen and oxygen atoms in total. The molecule has 8 heteroatoms. The largest absolute Gasteiger partial charge is 0.573 e. The first-order valence-corrected chi connectivity index (χ1v) is 14.3. The van der Waals surface area contributed by atoms with Crippen LogP contribution < -0.4 is 14.2 Å². The molecule has 0 aliphatic heterocycles. The van der Waals surface area contributed by atoms with Crippen molar-refractivity contribution in [3.05, 3.63) is 102 Å². The van der Waals surface area contributed by atoms with Gasteiger partial charge in [0.05, 0.1) is 24.8 Å². The Morgan fingerprint density at radius 1 is 0.558 bits per heavy atom. The van der Waals surface area contributed by atoms with Gasteiger partial charge < -0.3 is 14.2 Å². The average molecular weight is 592 g/mol. The van der Waals surface area contributed by atoms with Crippen molar-refractivity contribution in [2.24, 2.45) is 0 Å². The standard InChI is InChI=1S/C35H33F4NO3/c36-33-24-30(16-21-34(33)43-35(37,38)39)29-14-19-32(20-15-29)42-23-7-5-3-1-2-4-6-22-41-31-17-12-28(13-18-31)27-10-8-26(25-40)9-11-27/h8-21,24H,1-7,22-23H2. The SMILES string of the molecule is N#Cc1ccc(-c2ccc(OCCCCCCCCCOc3ccc(-c4ccc(OC(F)(F)F)c(F)c4)cc3)cc2)cc1. The van der Waals surface area contributed by atoms with Gasteiger partial charge in [0, 0.05) is 0 Å². The van der Waals surface area contributed by atoms with Gasteiger partial charge in [0.2, 0.25) is 0 Å². The number of halogens is 4. The van der Waals surface area contributed by atoms with E-state index in [0.717, 1.165) is 74.0 Å². The number of nitriles is 1. The molecule has 224 valence electrons. The summed E-state index contributed by atoms with van der Waals surface area (Å²) in [7, 11) is 0. The van der Waals surface area contributed by atoms with E-state index < -0.39 is 17.9 Å². The van der Waals surface area contributed by atoms with Crippen LogP contribution in [0.3, 0.4) is 0 Å². The molecule has 0 aromatic heterocycles. The number of rotatable bonds is 15. The van der Waals surface area contributed by atoms with Gasteiger partial charge in [-0.1, -0.05) is 74.6 Å². The number of benzene rings is 4. The van der Waals surface area contributed by atoms with Crippen LogP contribution in [0.1, 0.15) is 50.5 Å². The van der Waals surface area contributed by atoms with Gasteiger partial charge in [0.1, 0.15) is 11.5 Å². The van der Waals surface area contributed by atoms with E-state index in [1.165, 1.54) is 6.07 Å². The third kappa shape index (κ3) is 10.4. The molecule has 0 N–H and O–H groups in total. The normalized spacial score (nSPS) is 11.1. The van der Waals surface area contributed by atoms with E-state index in [1.54, 1.807) is 24.3 Å². The third-order valence-electron chi connectivity index (χ3n) is 6.87. The highest BCUT2D eigenvalue weighted by molar-refractivity contribution is 5.66. The zero-order valence-electron chi connectivity index (χ0n) is 23.7. The van der Waals surface area contributed by atoms with E-state index in [-0.39, 0.29) is 0 Å². The summed E-state index contributed by atoms with van der Waals surface area (Å²) in [4.78, 5) is 0. The first kappa shape index (κ1) is 31.4. The highest BCUT2D eigenvalue weighted by atomic mass is 19.4. The molecule has 0 heterocycles. The van der Waals surface area contributed by atoms with Gasteiger partial charge in [-0.15, -0.1) is 13.2 Å². The molecule has 0 fully saturated rings. The number of alkyl halides is 3. The molecule has 43 heavy (non-hydrogen) atoms. The van der Waals surface area contributed by atoms with Crippen LogP contribution in [0.5, 0.6) is 17.2 Å². The minimum absolute atomic E-state index is 0.444. The quantitative estimate of drug-likeness (QED) is 0.102. The molecule has 0 aliphatic carbocycles. The maximum Gasteiger partial charge on any atom is 0.573 e. The second-order valence-corrected chi connectivity index (χ2v) is 10.1. The number of unbranched alkanes of at least 4 members (excludes halogenated alkanes) is 6. The van der Waals surface area contributed by atoms with E-state index >= 15 is 0 Å². The van der Waals surface area contributed by atoms with Crippen molar-refractivity contribution in [3.8, 4) is 45.6 Å². The summed E-state index contributed by atoms with van der Waals surface area (Å²) in [5, 5.41) is 8.93. The first-order valence-electron chi connectivity index (χ1n) is 14.3. The molecule has 0 amide bonds. The van der Waals surface area contributed by atoms with Gasteiger partial charge in [-0.25, -0.2) is 4.39 Å². The number of ether oxygens (including phenoxy) is 3. The van der Waals surface area contributed by atoms with Crippen LogP contribution in [0.4, 0.5) is 17.6 Å². The molecule has 0 bridgehead atoms. The van der Waals surface area contributed by atoms with Gasteiger partial charge in [0.15, 0.2) is 11.6 Å². The summed E-state index contributed by atoms with van der Waals surface area (Å²) in [6.07, 6.45) is 2.66. The zero-order valence-corrected chi connectivity index (χ0v) is 23.7. The summed E-state index contributed by atoms with van der Waals surface area (Å²) < 4.78 is 66.3. The van der Waals surface area contributed by atoms with Gasteiger partial charge in [0.25, 0.3) is 0 Å². The van der Waals surface area contributed by atoms with Crippen LogP contribution in [-0.2, 0) is 0 Å². The molecule has 0 saturated heterocycles. The van der Waals surface area contributed by atoms with Gasteiger partial charge in [-0.2, -0.15) is 5.26 Å². The van der Waals surface area contributed by atoms with Crippen molar-refractivity contribution in [1.82, 2.24) is 0 Å². The maximum absolute atomic E-state index is 14.0. The summed E-state index contributed by atoms with van der Waals surface area (Å²) in [6, 6.07) is 28.0. The molecule has 0 radical (unpaired) electrons. The Morgan fingerprint density at radius 2 is 0.977 bits per heavy atom. The Morgan fingerprint density at radius 3 is 1.42 bits per heavy atom. The highest BCUT2D eigenvalue weighted by Gasteiger charge is 2.32. The van der Waals surface area contributed by atoms with Crippen molar-refractivity contribution in [2.45, 2.75) is 51.3 Å². The third-order valence-corrected chi connectivity index (χ3v) is 6.87. The van der Waals surface area contributed by atoms with Crippen molar-refractivity contribution in [2.75, 3.05) is 13.2 Å². The van der Waals surface area contributed by atoms with E-state index in [1.807, 2.05) is 48.5 Å². The fourth-order valence-electron chi connectivity index (χ4n) is 4.58. The lowest BCUT2D eigenvalue weighted by Gasteiger charge is -2.11. The first-order chi connectivity index (χ1) is 20.8. The Hall–Kier alpha value is -4.51. The predicted molar refractivity (Wildman–Crippen MR) is 158 cm³/mol. The molecule has 4 aromatic rings. The van der Waals surface area contributed by atoms with Gasteiger partial charge >= 0.3 is 6.36 Å². The minimum Gasteiger partial charge on any atom is -0.494 e. The molecule has 0 unspecified atom stereocenters. The predicted octanol–water partition coefficient (Wildman–Crippen LogP) is 10.1. The van der Waals surface area contributed by atoms with Crippen LogP contribution >= 0.6 is 0 Å². The Balaban J connectivity index is 1.03. The summed E-state index contributed by atoms with van der Waals surface area (Å²) in [6.45, 7) is 1.28. The fourth-order valence-corrected chi connectivity index (χ4v) is 4.58. The molecular formula is C35H33F4NO3. The van der Waals surface area contributed by atoms with Crippen LogP contribution in [-0.4, -0.2) is 19.6 Å². The van der Waals surface area contributed by atoms with Crippen LogP contribution in [0.25, 0.3) is 22.3 Å². The molecule has 0 aliphatic rings. The monoisotopic (exact) mass is 591 g/mol. The van der Waals surface area contributed by atoms with Crippen LogP contribution in [0, 0.1) is 17.1 Å². The Kier molecular flexibility index (Phi) is 11.4. The summed E-state index contributed by atoms with van der Waals surface area (Å²) >= 11 is 0. The van der Waals surface area contributed by atoms with E-state index in [0.29, 0.717) is 35.7 Å².